The number of para-hydroxylation sites is 1. The van der Waals surface area contributed by atoms with Crippen LogP contribution in [-0.2, 0) is 11.2 Å². The van der Waals surface area contributed by atoms with Crippen molar-refractivity contribution in [2.45, 2.75) is 27.2 Å². The first-order valence-electron chi connectivity index (χ1n) is 9.19. The van der Waals surface area contributed by atoms with Gasteiger partial charge in [-0.15, -0.1) is 0 Å². The number of carboxylic acids is 1. The molecule has 1 heterocycles. The van der Waals surface area contributed by atoms with Crippen LogP contribution in [0.25, 0.3) is 16.8 Å². The summed E-state index contributed by atoms with van der Waals surface area (Å²) in [7, 11) is 1.79. The molecule has 0 aliphatic rings. The van der Waals surface area contributed by atoms with Crippen molar-refractivity contribution in [3.8, 4) is 16.8 Å². The number of benzene rings is 2. The molecule has 6 nitrogen and oxygen atoms in total. The van der Waals surface area contributed by atoms with E-state index in [1.165, 1.54) is 10.7 Å². The van der Waals surface area contributed by atoms with Crippen molar-refractivity contribution in [2.24, 2.45) is 0 Å². The molecule has 0 amide bonds. The number of nitrogens with one attached hydrogen (secondary N) is 1. The van der Waals surface area contributed by atoms with Gasteiger partial charge in [-0.2, -0.15) is 9.78 Å². The topological polar surface area (TPSA) is 84.2 Å². The molecule has 3 rings (SSSR count). The van der Waals surface area contributed by atoms with Crippen molar-refractivity contribution in [3.05, 3.63) is 76.2 Å². The third-order valence-corrected chi connectivity index (χ3v) is 4.06. The highest BCUT2D eigenvalue weighted by atomic mass is 16.4. The number of carbonyl (C=O) groups is 1. The summed E-state index contributed by atoms with van der Waals surface area (Å²) in [6.07, 6.45) is -0.278. The van der Waals surface area contributed by atoms with Crippen LogP contribution in [0.3, 0.4) is 0 Å². The zero-order valence-electron chi connectivity index (χ0n) is 16.6. The second kappa shape index (κ2) is 9.50. The molecule has 2 aromatic carbocycles. The number of rotatable bonds is 5. The molecule has 3 aromatic rings. The Morgan fingerprint density at radius 2 is 1.75 bits per heavy atom. The van der Waals surface area contributed by atoms with Crippen LogP contribution in [0.2, 0.25) is 0 Å². The number of anilines is 1. The van der Waals surface area contributed by atoms with E-state index in [1.807, 2.05) is 45.0 Å². The molecule has 0 bridgehead atoms. The predicted molar refractivity (Wildman–Crippen MR) is 112 cm³/mol. The van der Waals surface area contributed by atoms with E-state index in [9.17, 15) is 14.7 Å². The van der Waals surface area contributed by atoms with Gasteiger partial charge in [0, 0.05) is 29.9 Å². The number of hydrogen-bond donors (Lipinski definition) is 2. The zero-order chi connectivity index (χ0) is 20.7. The Morgan fingerprint density at radius 1 is 1.07 bits per heavy atom. The number of aryl methyl sites for hydroxylation is 1. The van der Waals surface area contributed by atoms with E-state index >= 15 is 0 Å². The smallest absolute Gasteiger partial charge is 0.309 e. The van der Waals surface area contributed by atoms with Crippen LogP contribution >= 0.6 is 0 Å². The van der Waals surface area contributed by atoms with Gasteiger partial charge in [-0.05, 0) is 30.7 Å². The van der Waals surface area contributed by atoms with Crippen LogP contribution < -0.4 is 10.9 Å². The molecule has 0 spiro atoms. The Kier molecular flexibility index (Phi) is 7.09. The second-order valence-corrected chi connectivity index (χ2v) is 5.96. The molecular weight excluding hydrogens is 354 g/mol. The first-order valence-corrected chi connectivity index (χ1v) is 9.19. The van der Waals surface area contributed by atoms with Crippen LogP contribution in [0.5, 0.6) is 0 Å². The number of hydrogen-bond acceptors (Lipinski definition) is 4. The lowest BCUT2D eigenvalue weighted by Crippen LogP contribution is -2.23. The van der Waals surface area contributed by atoms with E-state index in [4.69, 9.17) is 0 Å². The highest BCUT2D eigenvalue weighted by Crippen LogP contribution is 2.30. The van der Waals surface area contributed by atoms with Crippen molar-refractivity contribution >= 4 is 11.7 Å². The van der Waals surface area contributed by atoms with E-state index in [0.717, 1.165) is 16.8 Å². The van der Waals surface area contributed by atoms with E-state index in [1.54, 1.807) is 31.3 Å². The summed E-state index contributed by atoms with van der Waals surface area (Å²) in [5.74, 6) is -1.00. The van der Waals surface area contributed by atoms with Gasteiger partial charge in [0.15, 0.2) is 0 Å². The average molecular weight is 379 g/mol. The van der Waals surface area contributed by atoms with Gasteiger partial charge in [-0.3, -0.25) is 9.59 Å². The van der Waals surface area contributed by atoms with Gasteiger partial charge in [0.25, 0.3) is 5.56 Å². The Labute approximate surface area is 164 Å². The molecule has 1 aromatic heterocycles. The highest BCUT2D eigenvalue weighted by Gasteiger charge is 2.17. The first-order chi connectivity index (χ1) is 13.5. The van der Waals surface area contributed by atoms with Gasteiger partial charge >= 0.3 is 5.97 Å². The summed E-state index contributed by atoms with van der Waals surface area (Å²) in [6.45, 7) is 5.97. The van der Waals surface area contributed by atoms with Gasteiger partial charge in [0.2, 0.25) is 0 Å². The summed E-state index contributed by atoms with van der Waals surface area (Å²) in [4.78, 5) is 24.0. The van der Waals surface area contributed by atoms with Crippen LogP contribution in [0.4, 0.5) is 5.69 Å². The van der Waals surface area contributed by atoms with E-state index in [-0.39, 0.29) is 12.0 Å². The van der Waals surface area contributed by atoms with Gasteiger partial charge in [0.05, 0.1) is 17.8 Å². The predicted octanol–water partition coefficient (Wildman–Crippen LogP) is 3.90. The molecule has 0 saturated carbocycles. The maximum absolute atomic E-state index is 12.7. The van der Waals surface area contributed by atoms with Gasteiger partial charge in [-0.25, -0.2) is 0 Å². The minimum atomic E-state index is -1.00. The Morgan fingerprint density at radius 3 is 2.36 bits per heavy atom. The third kappa shape index (κ3) is 4.65. The summed E-state index contributed by atoms with van der Waals surface area (Å²) >= 11 is 0. The number of aliphatic carboxylic acids is 1. The molecule has 0 aliphatic carbocycles. The zero-order valence-corrected chi connectivity index (χ0v) is 16.6. The van der Waals surface area contributed by atoms with Crippen molar-refractivity contribution in [1.29, 1.82) is 0 Å². The maximum atomic E-state index is 12.7. The summed E-state index contributed by atoms with van der Waals surface area (Å²) in [5, 5.41) is 16.7. The number of nitrogens with zero attached hydrogens (tertiary/aromatic N) is 2. The van der Waals surface area contributed by atoms with Crippen molar-refractivity contribution in [2.75, 3.05) is 12.4 Å². The normalized spacial score (nSPS) is 10.0. The summed E-state index contributed by atoms with van der Waals surface area (Å²) in [6, 6.07) is 16.1. The van der Waals surface area contributed by atoms with E-state index in [0.29, 0.717) is 16.9 Å². The lowest BCUT2D eigenvalue weighted by atomic mass is 9.99. The maximum Gasteiger partial charge on any atom is 0.309 e. The molecule has 6 heteroatoms. The molecule has 2 N–H and O–H groups in total. The van der Waals surface area contributed by atoms with E-state index < -0.39 is 5.97 Å². The largest absolute Gasteiger partial charge is 0.481 e. The standard InChI is InChI=1S/C20H19N3O3.C2H6/c1-13-8-9-15(17(10-13)21-2)16-11-19(24)23(14-6-4-3-5-7-14)22-18(16)12-20(25)26;1-2/h3-11,21H,12H2,1-2H3,(H,25,26);1-2H3. The lowest BCUT2D eigenvalue weighted by molar-refractivity contribution is -0.136. The fourth-order valence-corrected chi connectivity index (χ4v) is 2.85. The quantitative estimate of drug-likeness (QED) is 0.702. The fourth-order valence-electron chi connectivity index (χ4n) is 2.85. The molecule has 0 radical (unpaired) electrons. The minimum Gasteiger partial charge on any atom is -0.481 e. The molecule has 0 fully saturated rings. The Balaban J connectivity index is 0.00000136. The lowest BCUT2D eigenvalue weighted by Gasteiger charge is -2.15. The summed E-state index contributed by atoms with van der Waals surface area (Å²) in [5.41, 5.74) is 3.75. The average Bonchev–Trinajstić information content (AvgIpc) is 2.71. The van der Waals surface area contributed by atoms with Crippen LogP contribution in [-0.4, -0.2) is 27.9 Å². The van der Waals surface area contributed by atoms with E-state index in [2.05, 4.69) is 10.4 Å². The van der Waals surface area contributed by atoms with Crippen molar-refractivity contribution in [1.82, 2.24) is 9.78 Å². The van der Waals surface area contributed by atoms with Crippen LogP contribution in [0, 0.1) is 6.92 Å². The molecule has 0 saturated heterocycles. The molecule has 28 heavy (non-hydrogen) atoms. The van der Waals surface area contributed by atoms with Crippen molar-refractivity contribution in [3.63, 3.8) is 0 Å². The van der Waals surface area contributed by atoms with Gasteiger partial charge in [-0.1, -0.05) is 44.2 Å². The number of aromatic nitrogens is 2. The third-order valence-electron chi connectivity index (χ3n) is 4.06. The molecule has 146 valence electrons. The number of carboxylic acid groups (broad SMARTS) is 1. The van der Waals surface area contributed by atoms with Crippen LogP contribution in [0.15, 0.2) is 59.4 Å². The van der Waals surface area contributed by atoms with Gasteiger partial charge in [0.1, 0.15) is 0 Å². The molecule has 0 aliphatic heterocycles. The molecule has 0 unspecified atom stereocenters. The van der Waals surface area contributed by atoms with Crippen LogP contribution in [0.1, 0.15) is 25.1 Å². The Hall–Kier alpha value is -3.41. The molecule has 0 atom stereocenters. The fraction of sp³-hybridized carbons (Fsp3) is 0.227. The Bertz CT molecular complexity index is 1010. The minimum absolute atomic E-state index is 0.278. The SMILES string of the molecule is CC.CNc1cc(C)ccc1-c1cc(=O)n(-c2ccccc2)nc1CC(=O)O. The first kappa shape index (κ1) is 20.9. The molecular formula is C22H25N3O3. The monoisotopic (exact) mass is 379 g/mol. The second-order valence-electron chi connectivity index (χ2n) is 5.96. The highest BCUT2D eigenvalue weighted by molar-refractivity contribution is 5.82. The van der Waals surface area contributed by atoms with Crippen molar-refractivity contribution < 1.29 is 9.90 Å². The van der Waals surface area contributed by atoms with Gasteiger partial charge < -0.3 is 10.4 Å². The summed E-state index contributed by atoms with van der Waals surface area (Å²) < 4.78 is 1.23.